The van der Waals surface area contributed by atoms with Crippen molar-refractivity contribution >= 4 is 28.1 Å². The van der Waals surface area contributed by atoms with Gasteiger partial charge in [-0.25, -0.2) is 8.42 Å². The number of rotatable bonds is 5. The molecule has 1 aromatic carbocycles. The van der Waals surface area contributed by atoms with Crippen molar-refractivity contribution in [1.82, 2.24) is 4.31 Å². The molecule has 1 aromatic rings. The first-order chi connectivity index (χ1) is 10.4. The molecule has 1 atom stereocenters. The van der Waals surface area contributed by atoms with Gasteiger partial charge in [0.05, 0.1) is 4.92 Å². The molecule has 0 aromatic heterocycles. The topological polar surface area (TPSA) is 107 Å². The maximum absolute atomic E-state index is 13.7. The van der Waals surface area contributed by atoms with Gasteiger partial charge in [-0.3, -0.25) is 10.1 Å². The van der Waals surface area contributed by atoms with Gasteiger partial charge in [-0.1, -0.05) is 12.5 Å². The van der Waals surface area contributed by atoms with E-state index in [2.05, 4.69) is 0 Å². The third kappa shape index (κ3) is 3.97. The van der Waals surface area contributed by atoms with E-state index in [4.69, 9.17) is 5.73 Å². The number of nitro benzene ring substituents is 1. The zero-order valence-electron chi connectivity index (χ0n) is 12.4. The van der Waals surface area contributed by atoms with Crippen LogP contribution in [0.2, 0.25) is 0 Å². The monoisotopic (exact) mass is 367 g/mol. The van der Waals surface area contributed by atoms with Crippen LogP contribution in [0.5, 0.6) is 0 Å². The summed E-state index contributed by atoms with van der Waals surface area (Å²) in [7, 11) is -4.14. The lowest BCUT2D eigenvalue weighted by Crippen LogP contribution is -2.44. The van der Waals surface area contributed by atoms with E-state index < -0.39 is 31.3 Å². The van der Waals surface area contributed by atoms with E-state index in [9.17, 15) is 22.9 Å². The Kier molecular flexibility index (Phi) is 6.87. The van der Waals surface area contributed by atoms with Crippen LogP contribution in [0.4, 0.5) is 10.1 Å². The molecule has 1 aliphatic heterocycles. The molecule has 130 valence electrons. The summed E-state index contributed by atoms with van der Waals surface area (Å²) in [5, 5.41) is 11.0. The molecule has 1 aliphatic rings. The van der Waals surface area contributed by atoms with Crippen molar-refractivity contribution in [2.45, 2.75) is 36.6 Å². The molecule has 0 radical (unpaired) electrons. The summed E-state index contributed by atoms with van der Waals surface area (Å²) in [6, 6.07) is 2.82. The molecule has 0 saturated carbocycles. The number of hydrogen-bond donors (Lipinski definition) is 1. The van der Waals surface area contributed by atoms with Crippen LogP contribution in [0, 0.1) is 15.9 Å². The molecule has 1 fully saturated rings. The maximum Gasteiger partial charge on any atom is 0.324 e. The van der Waals surface area contributed by atoms with Gasteiger partial charge in [0.1, 0.15) is 0 Å². The molecule has 1 unspecified atom stereocenters. The molecule has 23 heavy (non-hydrogen) atoms. The van der Waals surface area contributed by atoms with Crippen molar-refractivity contribution in [3.05, 3.63) is 34.1 Å². The van der Waals surface area contributed by atoms with Crippen LogP contribution in [0.15, 0.2) is 23.1 Å². The number of nitro groups is 1. The standard InChI is InChI=1S/C13H18FN3O4S.ClH/c14-11-5-3-6-12(13(11)17(18)19)22(20,21)16-9-2-1-4-10(16)7-8-15;/h3,5-6,10H,1-2,4,7-9,15H2;1H. The fraction of sp³-hybridized carbons (Fsp3) is 0.538. The van der Waals surface area contributed by atoms with Gasteiger partial charge in [0.25, 0.3) is 0 Å². The zero-order chi connectivity index (χ0) is 16.3. The van der Waals surface area contributed by atoms with Gasteiger partial charge in [-0.05, 0) is 37.9 Å². The first kappa shape index (κ1) is 19.8. The summed E-state index contributed by atoms with van der Waals surface area (Å²) >= 11 is 0. The molecule has 10 heteroatoms. The lowest BCUT2D eigenvalue weighted by Gasteiger charge is -2.34. The quantitative estimate of drug-likeness (QED) is 0.633. The molecule has 0 bridgehead atoms. The Bertz CT molecular complexity index is 669. The number of nitrogens with zero attached hydrogens (tertiary/aromatic N) is 2. The number of para-hydroxylation sites is 1. The number of nitrogens with two attached hydrogens (primary N) is 1. The number of halogens is 2. The number of sulfonamides is 1. The molecular weight excluding hydrogens is 349 g/mol. The van der Waals surface area contributed by atoms with Crippen LogP contribution in [-0.2, 0) is 10.0 Å². The zero-order valence-corrected chi connectivity index (χ0v) is 14.0. The van der Waals surface area contributed by atoms with Crippen molar-refractivity contribution in [2.75, 3.05) is 13.1 Å². The van der Waals surface area contributed by atoms with Crippen LogP contribution in [-0.4, -0.2) is 36.8 Å². The van der Waals surface area contributed by atoms with Crippen LogP contribution in [0.25, 0.3) is 0 Å². The van der Waals surface area contributed by atoms with E-state index in [1.165, 1.54) is 4.31 Å². The Labute approximate surface area is 140 Å². The van der Waals surface area contributed by atoms with Crippen molar-refractivity contribution in [2.24, 2.45) is 5.73 Å². The Hall–Kier alpha value is -1.29. The van der Waals surface area contributed by atoms with Crippen molar-refractivity contribution in [3.63, 3.8) is 0 Å². The minimum absolute atomic E-state index is 0. The first-order valence-electron chi connectivity index (χ1n) is 7.04. The molecular formula is C13H19ClFN3O4S. The van der Waals surface area contributed by atoms with E-state index >= 15 is 0 Å². The van der Waals surface area contributed by atoms with Gasteiger partial charge in [0.2, 0.25) is 15.8 Å². The van der Waals surface area contributed by atoms with Gasteiger partial charge in [0.15, 0.2) is 4.90 Å². The summed E-state index contributed by atoms with van der Waals surface area (Å²) in [5.41, 5.74) is 4.52. The highest BCUT2D eigenvalue weighted by molar-refractivity contribution is 7.89. The normalized spacial score (nSPS) is 19.1. The van der Waals surface area contributed by atoms with Crippen LogP contribution in [0.3, 0.4) is 0 Å². The maximum atomic E-state index is 13.7. The Morgan fingerprint density at radius 1 is 1.39 bits per heavy atom. The Morgan fingerprint density at radius 3 is 2.70 bits per heavy atom. The molecule has 0 amide bonds. The Morgan fingerprint density at radius 2 is 2.09 bits per heavy atom. The minimum Gasteiger partial charge on any atom is -0.330 e. The van der Waals surface area contributed by atoms with Crippen LogP contribution in [0.1, 0.15) is 25.7 Å². The fourth-order valence-corrected chi connectivity index (χ4v) is 4.67. The van der Waals surface area contributed by atoms with Gasteiger partial charge in [0, 0.05) is 12.6 Å². The van der Waals surface area contributed by atoms with E-state index in [0.29, 0.717) is 25.8 Å². The summed E-state index contributed by atoms with van der Waals surface area (Å²) in [4.78, 5) is 9.45. The van der Waals surface area contributed by atoms with Gasteiger partial charge in [-0.2, -0.15) is 8.70 Å². The third-order valence-electron chi connectivity index (χ3n) is 3.79. The minimum atomic E-state index is -4.14. The second kappa shape index (κ2) is 8.00. The summed E-state index contributed by atoms with van der Waals surface area (Å²) in [5.74, 6) is -1.15. The SMILES string of the molecule is Cl.NCCC1CCCCN1S(=O)(=O)c1cccc(F)c1[N+](=O)[O-]. The first-order valence-corrected chi connectivity index (χ1v) is 8.48. The average molecular weight is 368 g/mol. The predicted molar refractivity (Wildman–Crippen MR) is 85.5 cm³/mol. The molecule has 0 spiro atoms. The van der Waals surface area contributed by atoms with Crippen molar-refractivity contribution < 1.29 is 17.7 Å². The lowest BCUT2D eigenvalue weighted by atomic mass is 10.0. The largest absolute Gasteiger partial charge is 0.330 e. The van der Waals surface area contributed by atoms with Crippen molar-refractivity contribution in [1.29, 1.82) is 0 Å². The molecule has 2 N–H and O–H groups in total. The molecule has 1 heterocycles. The summed E-state index contributed by atoms with van der Waals surface area (Å²) < 4.78 is 40.5. The predicted octanol–water partition coefficient (Wildman–Crippen LogP) is 2.05. The van der Waals surface area contributed by atoms with E-state index in [0.717, 1.165) is 24.6 Å². The lowest BCUT2D eigenvalue weighted by molar-refractivity contribution is -0.390. The summed E-state index contributed by atoms with van der Waals surface area (Å²) in [6.45, 7) is 0.586. The van der Waals surface area contributed by atoms with Crippen LogP contribution < -0.4 is 5.73 Å². The van der Waals surface area contributed by atoms with Crippen LogP contribution >= 0.6 is 12.4 Å². The van der Waals surface area contributed by atoms with E-state index in [1.807, 2.05) is 0 Å². The van der Waals surface area contributed by atoms with Crippen molar-refractivity contribution in [3.8, 4) is 0 Å². The second-order valence-corrected chi connectivity index (χ2v) is 7.05. The highest BCUT2D eigenvalue weighted by Crippen LogP contribution is 2.33. The van der Waals surface area contributed by atoms with E-state index in [-0.39, 0.29) is 25.0 Å². The molecule has 2 rings (SSSR count). The average Bonchev–Trinajstić information content (AvgIpc) is 2.47. The number of hydrogen-bond acceptors (Lipinski definition) is 5. The fourth-order valence-electron chi connectivity index (χ4n) is 2.78. The Balaban J connectivity index is 0.00000264. The highest BCUT2D eigenvalue weighted by Gasteiger charge is 2.38. The number of piperidine rings is 1. The third-order valence-corrected chi connectivity index (χ3v) is 5.78. The van der Waals surface area contributed by atoms with Gasteiger partial charge in [-0.15, -0.1) is 12.4 Å². The van der Waals surface area contributed by atoms with Gasteiger partial charge < -0.3 is 5.73 Å². The van der Waals surface area contributed by atoms with Gasteiger partial charge >= 0.3 is 5.69 Å². The molecule has 0 aliphatic carbocycles. The highest BCUT2D eigenvalue weighted by atomic mass is 35.5. The number of benzene rings is 1. The molecule has 1 saturated heterocycles. The second-order valence-electron chi connectivity index (χ2n) is 5.19. The molecule has 7 nitrogen and oxygen atoms in total. The smallest absolute Gasteiger partial charge is 0.324 e. The van der Waals surface area contributed by atoms with E-state index in [1.54, 1.807) is 0 Å². The summed E-state index contributed by atoms with van der Waals surface area (Å²) in [6.07, 6.45) is 2.67.